The molecule has 0 saturated carbocycles. The van der Waals surface area contributed by atoms with E-state index in [1.54, 1.807) is 15.9 Å². The fourth-order valence-corrected chi connectivity index (χ4v) is 6.04. The Labute approximate surface area is 208 Å². The van der Waals surface area contributed by atoms with Crippen LogP contribution in [0.5, 0.6) is 0 Å². The van der Waals surface area contributed by atoms with Crippen molar-refractivity contribution in [2.75, 3.05) is 11.1 Å². The molecule has 2 aromatic heterocycles. The van der Waals surface area contributed by atoms with Gasteiger partial charge in [-0.2, -0.15) is 0 Å². The summed E-state index contributed by atoms with van der Waals surface area (Å²) in [5, 5.41) is 4.27. The maximum atomic E-state index is 13.7. The molecule has 1 N–H and O–H groups in total. The number of nitrogens with zero attached hydrogens (tertiary/aromatic N) is 2. The molecular weight excluding hydrogens is 462 g/mol. The van der Waals surface area contributed by atoms with Crippen molar-refractivity contribution in [3.63, 3.8) is 0 Å². The van der Waals surface area contributed by atoms with Gasteiger partial charge in [-0.25, -0.2) is 4.98 Å². The van der Waals surface area contributed by atoms with Crippen molar-refractivity contribution in [3.05, 3.63) is 79.9 Å². The van der Waals surface area contributed by atoms with E-state index in [0.717, 1.165) is 51.3 Å². The van der Waals surface area contributed by atoms with Crippen LogP contribution in [0, 0.1) is 20.8 Å². The maximum absolute atomic E-state index is 13.7. The number of rotatable bonds is 7. The number of hydrogen-bond acceptors (Lipinski definition) is 5. The number of aromatic nitrogens is 2. The van der Waals surface area contributed by atoms with E-state index in [1.807, 2.05) is 63.2 Å². The fraction of sp³-hybridized carbons (Fsp3) is 0.296. The minimum atomic E-state index is -0.115. The number of carbonyl (C=O) groups excluding carboxylic acids is 1. The summed E-state index contributed by atoms with van der Waals surface area (Å²) in [5.41, 5.74) is 5.80. The zero-order valence-electron chi connectivity index (χ0n) is 20.2. The number of carbonyl (C=O) groups is 1. The van der Waals surface area contributed by atoms with Crippen molar-refractivity contribution in [3.8, 4) is 5.69 Å². The van der Waals surface area contributed by atoms with Gasteiger partial charge in [0, 0.05) is 10.6 Å². The van der Waals surface area contributed by atoms with E-state index in [9.17, 15) is 9.59 Å². The third kappa shape index (κ3) is 4.68. The SMILES string of the molecule is CCc1cccc(C)c1NC(=O)CSc1nc2sc(CC)c(C)c2c(=O)n1-c1ccc(C)cc1. The first-order valence-electron chi connectivity index (χ1n) is 11.5. The molecule has 0 spiro atoms. The predicted molar refractivity (Wildman–Crippen MR) is 144 cm³/mol. The van der Waals surface area contributed by atoms with Crippen molar-refractivity contribution < 1.29 is 4.79 Å². The van der Waals surface area contributed by atoms with Gasteiger partial charge in [-0.05, 0) is 62.4 Å². The van der Waals surface area contributed by atoms with E-state index >= 15 is 0 Å². The first kappa shape index (κ1) is 24.2. The molecule has 0 aliphatic heterocycles. The van der Waals surface area contributed by atoms with E-state index < -0.39 is 0 Å². The maximum Gasteiger partial charge on any atom is 0.267 e. The third-order valence-electron chi connectivity index (χ3n) is 5.98. The summed E-state index contributed by atoms with van der Waals surface area (Å²) in [7, 11) is 0. The van der Waals surface area contributed by atoms with Gasteiger partial charge in [0.15, 0.2) is 5.16 Å². The van der Waals surface area contributed by atoms with Crippen molar-refractivity contribution in [1.82, 2.24) is 9.55 Å². The molecule has 0 radical (unpaired) electrons. The van der Waals surface area contributed by atoms with E-state index in [0.29, 0.717) is 10.5 Å². The lowest BCUT2D eigenvalue weighted by Crippen LogP contribution is -2.23. The fourth-order valence-electron chi connectivity index (χ4n) is 4.07. The molecule has 0 atom stereocenters. The van der Waals surface area contributed by atoms with Gasteiger partial charge in [0.05, 0.1) is 16.8 Å². The summed E-state index contributed by atoms with van der Waals surface area (Å²) in [6.45, 7) is 10.2. The van der Waals surface area contributed by atoms with E-state index in [1.165, 1.54) is 16.6 Å². The van der Waals surface area contributed by atoms with Gasteiger partial charge in [0.2, 0.25) is 5.91 Å². The van der Waals surface area contributed by atoms with Gasteiger partial charge >= 0.3 is 0 Å². The van der Waals surface area contributed by atoms with Gasteiger partial charge < -0.3 is 5.32 Å². The van der Waals surface area contributed by atoms with Crippen molar-refractivity contribution in [2.45, 2.75) is 52.6 Å². The highest BCUT2D eigenvalue weighted by Gasteiger charge is 2.20. The largest absolute Gasteiger partial charge is 0.325 e. The van der Waals surface area contributed by atoms with Crippen molar-refractivity contribution in [2.24, 2.45) is 0 Å². The normalized spacial score (nSPS) is 11.2. The van der Waals surface area contributed by atoms with E-state index in [2.05, 4.69) is 19.2 Å². The van der Waals surface area contributed by atoms with Gasteiger partial charge in [-0.15, -0.1) is 11.3 Å². The molecule has 0 fully saturated rings. The summed E-state index contributed by atoms with van der Waals surface area (Å²) in [5.74, 6) is 0.0437. The molecule has 1 amide bonds. The summed E-state index contributed by atoms with van der Waals surface area (Å²) >= 11 is 2.85. The second kappa shape index (κ2) is 10.2. The molecule has 2 aromatic carbocycles. The molecule has 0 aliphatic carbocycles. The first-order valence-corrected chi connectivity index (χ1v) is 13.3. The van der Waals surface area contributed by atoms with Crippen LogP contribution in [0.2, 0.25) is 0 Å². The van der Waals surface area contributed by atoms with E-state index in [4.69, 9.17) is 4.98 Å². The van der Waals surface area contributed by atoms with Gasteiger partial charge in [-0.3, -0.25) is 14.2 Å². The summed E-state index contributed by atoms with van der Waals surface area (Å²) in [4.78, 5) is 33.3. The molecular formula is C27H29N3O2S2. The predicted octanol–water partition coefficient (Wildman–Crippen LogP) is 6.23. The number of thiophene rings is 1. The van der Waals surface area contributed by atoms with Crippen molar-refractivity contribution in [1.29, 1.82) is 0 Å². The topological polar surface area (TPSA) is 64.0 Å². The minimum absolute atomic E-state index is 0.0858. The van der Waals surface area contributed by atoms with Crippen LogP contribution in [0.1, 0.15) is 41.0 Å². The second-order valence-electron chi connectivity index (χ2n) is 8.35. The third-order valence-corrected chi connectivity index (χ3v) is 8.25. The highest BCUT2D eigenvalue weighted by Crippen LogP contribution is 2.31. The Morgan fingerprint density at radius 1 is 1.06 bits per heavy atom. The summed E-state index contributed by atoms with van der Waals surface area (Å²) in [6, 6.07) is 13.9. The molecule has 0 unspecified atom stereocenters. The van der Waals surface area contributed by atoms with Crippen LogP contribution >= 0.6 is 23.1 Å². The quantitative estimate of drug-likeness (QED) is 0.246. The number of nitrogens with one attached hydrogen (secondary N) is 1. The number of hydrogen-bond donors (Lipinski definition) is 1. The lowest BCUT2D eigenvalue weighted by atomic mass is 10.1. The Hall–Kier alpha value is -2.90. The lowest BCUT2D eigenvalue weighted by molar-refractivity contribution is -0.113. The molecule has 4 rings (SSSR count). The standard InChI is InChI=1S/C27H29N3O2S2/c1-6-19-10-8-9-17(4)24(19)28-22(31)15-33-27-29-25-23(18(5)21(7-2)34-25)26(32)30(27)20-13-11-16(3)12-14-20/h8-14H,6-7,15H2,1-5H3,(H,28,31). The molecule has 0 saturated heterocycles. The Morgan fingerprint density at radius 3 is 2.47 bits per heavy atom. The minimum Gasteiger partial charge on any atom is -0.325 e. The molecule has 2 heterocycles. The zero-order chi connectivity index (χ0) is 24.4. The Balaban J connectivity index is 1.71. The highest BCUT2D eigenvalue weighted by atomic mass is 32.2. The Morgan fingerprint density at radius 2 is 1.79 bits per heavy atom. The second-order valence-corrected chi connectivity index (χ2v) is 10.4. The number of aryl methyl sites for hydroxylation is 5. The number of fused-ring (bicyclic) bond motifs is 1. The average Bonchev–Trinajstić information content (AvgIpc) is 3.15. The van der Waals surface area contributed by atoms with Gasteiger partial charge in [0.1, 0.15) is 4.83 Å². The van der Waals surface area contributed by atoms with Gasteiger partial charge in [-0.1, -0.05) is 61.5 Å². The average molecular weight is 492 g/mol. The number of para-hydroxylation sites is 1. The molecule has 176 valence electrons. The zero-order valence-corrected chi connectivity index (χ0v) is 21.8. The monoisotopic (exact) mass is 491 g/mol. The van der Waals surface area contributed by atoms with Crippen LogP contribution < -0.4 is 10.9 Å². The molecule has 5 nitrogen and oxygen atoms in total. The number of amides is 1. The number of benzene rings is 2. The smallest absolute Gasteiger partial charge is 0.267 e. The molecule has 4 aromatic rings. The highest BCUT2D eigenvalue weighted by molar-refractivity contribution is 7.99. The lowest BCUT2D eigenvalue weighted by Gasteiger charge is -2.14. The van der Waals surface area contributed by atoms with Crippen LogP contribution in [-0.2, 0) is 17.6 Å². The number of anilines is 1. The van der Waals surface area contributed by atoms with Gasteiger partial charge in [0.25, 0.3) is 5.56 Å². The van der Waals surface area contributed by atoms with Crippen LogP contribution in [0.4, 0.5) is 5.69 Å². The Kier molecular flexibility index (Phi) is 7.24. The van der Waals surface area contributed by atoms with Crippen LogP contribution in [0.25, 0.3) is 15.9 Å². The molecule has 34 heavy (non-hydrogen) atoms. The molecule has 0 bridgehead atoms. The van der Waals surface area contributed by atoms with Crippen LogP contribution in [0.3, 0.4) is 0 Å². The molecule has 7 heteroatoms. The summed E-state index contributed by atoms with van der Waals surface area (Å²) in [6.07, 6.45) is 1.70. The Bertz CT molecular complexity index is 1420. The van der Waals surface area contributed by atoms with Crippen LogP contribution in [-0.4, -0.2) is 21.2 Å². The van der Waals surface area contributed by atoms with Crippen molar-refractivity contribution >= 4 is 44.9 Å². The summed E-state index contributed by atoms with van der Waals surface area (Å²) < 4.78 is 1.64. The molecule has 0 aliphatic rings. The first-order chi connectivity index (χ1) is 16.3. The number of thioether (sulfide) groups is 1. The van der Waals surface area contributed by atoms with E-state index in [-0.39, 0.29) is 17.2 Å². The van der Waals surface area contributed by atoms with Crippen LogP contribution in [0.15, 0.2) is 52.4 Å².